The van der Waals surface area contributed by atoms with Crippen LogP contribution in [0.15, 0.2) is 115 Å². The summed E-state index contributed by atoms with van der Waals surface area (Å²) in [5, 5.41) is 4.99. The van der Waals surface area contributed by atoms with Crippen LogP contribution in [0.2, 0.25) is 0 Å². The van der Waals surface area contributed by atoms with Gasteiger partial charge in [0.15, 0.2) is 11.5 Å². The molecule has 0 saturated heterocycles. The highest BCUT2D eigenvalue weighted by Crippen LogP contribution is 2.34. The van der Waals surface area contributed by atoms with Crippen LogP contribution in [-0.4, -0.2) is 23.7 Å². The summed E-state index contributed by atoms with van der Waals surface area (Å²) in [6.45, 7) is 6.43. The van der Waals surface area contributed by atoms with Crippen molar-refractivity contribution in [2.45, 2.75) is 20.0 Å². The van der Waals surface area contributed by atoms with E-state index in [-0.39, 0.29) is 18.3 Å². The lowest BCUT2D eigenvalue weighted by Gasteiger charge is -2.17. The van der Waals surface area contributed by atoms with E-state index in [9.17, 15) is 9.18 Å². The van der Waals surface area contributed by atoms with Gasteiger partial charge in [-0.25, -0.2) is 14.8 Å². The highest BCUT2D eigenvalue weighted by molar-refractivity contribution is 6.07. The second kappa shape index (κ2) is 13.4. The number of nitrogens with zero attached hydrogens (tertiary/aromatic N) is 2. The molecule has 1 N–H and O–H groups in total. The van der Waals surface area contributed by atoms with Crippen LogP contribution >= 0.6 is 0 Å². The normalized spacial score (nSPS) is 11.0. The minimum Gasteiger partial charge on any atom is -0.490 e. The van der Waals surface area contributed by atoms with Crippen LogP contribution in [0.25, 0.3) is 22.2 Å². The fourth-order valence-electron chi connectivity index (χ4n) is 4.57. The largest absolute Gasteiger partial charge is 0.490 e. The van der Waals surface area contributed by atoms with Crippen molar-refractivity contribution in [1.29, 1.82) is 0 Å². The molecule has 5 aromatic rings. The average Bonchev–Trinajstić information content (AvgIpc) is 3.01. The van der Waals surface area contributed by atoms with Gasteiger partial charge >= 0.3 is 0 Å². The summed E-state index contributed by atoms with van der Waals surface area (Å²) in [5.74, 6) is 0.474. The van der Waals surface area contributed by atoms with Gasteiger partial charge in [-0.1, -0.05) is 66.7 Å². The van der Waals surface area contributed by atoms with Crippen LogP contribution in [0.1, 0.15) is 34.0 Å². The summed E-state index contributed by atoms with van der Waals surface area (Å²) in [7, 11) is 0. The molecule has 6 nitrogen and oxygen atoms in total. The summed E-state index contributed by atoms with van der Waals surface area (Å²) in [5.41, 5.74) is 7.88. The molecule has 4 aromatic carbocycles. The quantitative estimate of drug-likeness (QED) is 0.103. The topological polar surface area (TPSA) is 72.8 Å². The first-order chi connectivity index (χ1) is 20.6. The number of hydrogen-bond acceptors (Lipinski definition) is 5. The maximum Gasteiger partial charge on any atom is 0.272 e. The fourth-order valence-corrected chi connectivity index (χ4v) is 4.57. The third kappa shape index (κ3) is 6.70. The number of amides is 1. The molecular weight excluding hydrogens is 529 g/mol. The molecule has 0 fully saturated rings. The van der Waals surface area contributed by atoms with E-state index in [1.165, 1.54) is 12.1 Å². The first-order valence-corrected chi connectivity index (χ1v) is 13.6. The maximum atomic E-state index is 13.3. The Morgan fingerprint density at radius 2 is 1.74 bits per heavy atom. The van der Waals surface area contributed by atoms with Crippen LogP contribution < -0.4 is 14.9 Å². The number of ether oxygens (including phenoxy) is 2. The van der Waals surface area contributed by atoms with Gasteiger partial charge in [-0.15, -0.1) is 6.58 Å². The third-order valence-electron chi connectivity index (χ3n) is 6.52. The minimum absolute atomic E-state index is 0.249. The molecular formula is C35H30FN3O3. The van der Waals surface area contributed by atoms with Crippen molar-refractivity contribution in [2.75, 3.05) is 6.61 Å². The van der Waals surface area contributed by atoms with Crippen LogP contribution in [0.5, 0.6) is 11.5 Å². The number of carbonyl (C=O) groups is 1. The summed E-state index contributed by atoms with van der Waals surface area (Å²) in [4.78, 5) is 18.1. The van der Waals surface area contributed by atoms with Gasteiger partial charge in [0, 0.05) is 16.5 Å². The van der Waals surface area contributed by atoms with E-state index in [2.05, 4.69) is 17.1 Å². The number of nitrogens with one attached hydrogen (secondary N) is 1. The van der Waals surface area contributed by atoms with Gasteiger partial charge in [0.2, 0.25) is 0 Å². The van der Waals surface area contributed by atoms with E-state index in [1.54, 1.807) is 36.6 Å². The van der Waals surface area contributed by atoms with Crippen LogP contribution in [-0.2, 0) is 13.0 Å². The monoisotopic (exact) mass is 559 g/mol. The zero-order valence-electron chi connectivity index (χ0n) is 23.2. The Balaban J connectivity index is 1.40. The van der Waals surface area contributed by atoms with Crippen LogP contribution in [0.4, 0.5) is 4.39 Å². The SMILES string of the molecule is C=CCc1cc(/C=N/NC(=O)c2cc(-c3ccccc3)nc3ccccc23)cc(OCC)c1OCc1ccc(F)cc1. The number of halogens is 1. The molecule has 0 bridgehead atoms. The molecule has 42 heavy (non-hydrogen) atoms. The lowest BCUT2D eigenvalue weighted by molar-refractivity contribution is 0.0956. The zero-order chi connectivity index (χ0) is 29.3. The number of allylic oxidation sites excluding steroid dienone is 1. The highest BCUT2D eigenvalue weighted by atomic mass is 19.1. The van der Waals surface area contributed by atoms with E-state index in [1.807, 2.05) is 67.6 Å². The van der Waals surface area contributed by atoms with Crippen LogP contribution in [0, 0.1) is 5.82 Å². The van der Waals surface area contributed by atoms with Crippen molar-refractivity contribution in [3.8, 4) is 22.8 Å². The summed E-state index contributed by atoms with van der Waals surface area (Å²) in [6, 6.07) is 28.9. The molecule has 0 atom stereocenters. The molecule has 0 saturated carbocycles. The molecule has 1 amide bonds. The first kappa shape index (κ1) is 28.2. The Kier molecular flexibility index (Phi) is 8.99. The maximum absolute atomic E-state index is 13.3. The van der Waals surface area contributed by atoms with Gasteiger partial charge in [-0.3, -0.25) is 4.79 Å². The smallest absolute Gasteiger partial charge is 0.272 e. The van der Waals surface area contributed by atoms with Gasteiger partial charge in [-0.05, 0) is 60.9 Å². The van der Waals surface area contributed by atoms with Gasteiger partial charge in [-0.2, -0.15) is 5.10 Å². The molecule has 0 aliphatic carbocycles. The second-order valence-corrected chi connectivity index (χ2v) is 9.49. The molecule has 5 rings (SSSR count). The molecule has 0 unspecified atom stereocenters. The van der Waals surface area contributed by atoms with Crippen molar-refractivity contribution in [1.82, 2.24) is 10.4 Å². The van der Waals surface area contributed by atoms with Crippen molar-refractivity contribution < 1.29 is 18.7 Å². The molecule has 210 valence electrons. The first-order valence-electron chi connectivity index (χ1n) is 13.6. The molecule has 7 heteroatoms. The number of pyridine rings is 1. The van der Waals surface area contributed by atoms with E-state index in [4.69, 9.17) is 14.5 Å². The Bertz CT molecular complexity index is 1740. The summed E-state index contributed by atoms with van der Waals surface area (Å²) < 4.78 is 25.3. The van der Waals surface area contributed by atoms with Crippen molar-refractivity contribution in [3.63, 3.8) is 0 Å². The van der Waals surface area contributed by atoms with Gasteiger partial charge in [0.05, 0.1) is 29.6 Å². The number of fused-ring (bicyclic) bond motifs is 1. The van der Waals surface area contributed by atoms with E-state index < -0.39 is 0 Å². The molecule has 1 aromatic heterocycles. The standard InChI is InChI=1S/C35H30FN3O3/c1-3-10-27-19-25(20-33(41-4-2)34(27)42-23-24-15-17-28(36)18-16-24)22-37-39-35(40)30-21-32(26-11-6-5-7-12-26)38-31-14-9-8-13-29(30)31/h3,5-9,11-22H,1,4,10,23H2,2H3,(H,39,40)/b37-22+. The highest BCUT2D eigenvalue weighted by Gasteiger charge is 2.15. The average molecular weight is 560 g/mol. The van der Waals surface area contributed by atoms with E-state index in [0.29, 0.717) is 41.3 Å². The van der Waals surface area contributed by atoms with Crippen LogP contribution in [0.3, 0.4) is 0 Å². The molecule has 0 aliphatic heterocycles. The van der Waals surface area contributed by atoms with Crippen molar-refractivity contribution in [3.05, 3.63) is 138 Å². The Morgan fingerprint density at radius 3 is 2.50 bits per heavy atom. The zero-order valence-corrected chi connectivity index (χ0v) is 23.2. The third-order valence-corrected chi connectivity index (χ3v) is 6.52. The fraction of sp³-hybridized carbons (Fsp3) is 0.114. The van der Waals surface area contributed by atoms with Gasteiger partial charge in [0.1, 0.15) is 12.4 Å². The van der Waals surface area contributed by atoms with Crippen molar-refractivity contribution >= 4 is 23.0 Å². The predicted octanol–water partition coefficient (Wildman–Crippen LogP) is 7.51. The summed E-state index contributed by atoms with van der Waals surface area (Å²) in [6.07, 6.45) is 3.87. The minimum atomic E-state index is -0.349. The lowest BCUT2D eigenvalue weighted by atomic mass is 10.0. The second-order valence-electron chi connectivity index (χ2n) is 9.49. The number of rotatable bonds is 11. The lowest BCUT2D eigenvalue weighted by Crippen LogP contribution is -2.18. The number of hydrogen-bond donors (Lipinski definition) is 1. The number of para-hydroxylation sites is 1. The number of carbonyl (C=O) groups excluding carboxylic acids is 1. The van der Waals surface area contributed by atoms with Gasteiger partial charge < -0.3 is 9.47 Å². The van der Waals surface area contributed by atoms with Gasteiger partial charge in [0.25, 0.3) is 5.91 Å². The Labute approximate surface area is 244 Å². The van der Waals surface area contributed by atoms with E-state index >= 15 is 0 Å². The predicted molar refractivity (Wildman–Crippen MR) is 164 cm³/mol. The number of benzene rings is 4. The van der Waals surface area contributed by atoms with Crippen molar-refractivity contribution in [2.24, 2.45) is 5.10 Å². The molecule has 1 heterocycles. The molecule has 0 spiro atoms. The summed E-state index contributed by atoms with van der Waals surface area (Å²) >= 11 is 0. The Morgan fingerprint density at radius 1 is 0.976 bits per heavy atom. The number of hydrazone groups is 1. The Hall–Kier alpha value is -5.30. The van der Waals surface area contributed by atoms with E-state index in [0.717, 1.165) is 27.6 Å². The molecule has 0 radical (unpaired) electrons. The molecule has 0 aliphatic rings. The number of aromatic nitrogens is 1.